The second-order valence-corrected chi connectivity index (χ2v) is 4.40. The van der Waals surface area contributed by atoms with Crippen molar-refractivity contribution in [3.8, 4) is 23.3 Å². The second-order valence-electron chi connectivity index (χ2n) is 4.40. The molecule has 0 unspecified atom stereocenters. The molecule has 4 aromatic heterocycles. The standard InChI is InChI=1S/C12H8N6O3/c1-18-6-3-13-8(9(19)5(6)2-15-18)11-16-10-7(21-11)4-14-12(20)17-10/h2-4,19H,1H3,(H,14,17,20). The van der Waals surface area contributed by atoms with Gasteiger partial charge in [-0.1, -0.05) is 0 Å². The van der Waals surface area contributed by atoms with Gasteiger partial charge in [0.25, 0.3) is 5.89 Å². The van der Waals surface area contributed by atoms with E-state index >= 15 is 0 Å². The zero-order chi connectivity index (χ0) is 14.6. The molecule has 0 amide bonds. The molecule has 0 spiro atoms. The molecule has 9 heteroatoms. The normalized spacial score (nSPS) is 11.5. The highest BCUT2D eigenvalue weighted by atomic mass is 16.4. The molecule has 0 aliphatic carbocycles. The Morgan fingerprint density at radius 3 is 2.81 bits per heavy atom. The van der Waals surface area contributed by atoms with Crippen molar-refractivity contribution < 1.29 is 14.6 Å². The molecule has 104 valence electrons. The number of hydrogen-bond acceptors (Lipinski definition) is 8. The van der Waals surface area contributed by atoms with Crippen molar-refractivity contribution in [2.24, 2.45) is 7.05 Å². The molecular weight excluding hydrogens is 276 g/mol. The summed E-state index contributed by atoms with van der Waals surface area (Å²) in [6, 6.07) is -0.401. The topological polar surface area (TPSA) is 123 Å². The molecule has 4 rings (SSSR count). The van der Waals surface area contributed by atoms with Crippen LogP contribution in [0.3, 0.4) is 0 Å². The molecule has 0 fully saturated rings. The van der Waals surface area contributed by atoms with Crippen LogP contribution in [0.4, 0.5) is 0 Å². The van der Waals surface area contributed by atoms with Gasteiger partial charge in [0.1, 0.15) is 0 Å². The van der Waals surface area contributed by atoms with E-state index in [2.05, 4.69) is 25.0 Å². The van der Waals surface area contributed by atoms with E-state index < -0.39 is 6.01 Å². The van der Waals surface area contributed by atoms with E-state index in [0.29, 0.717) is 10.9 Å². The average molecular weight is 284 g/mol. The summed E-state index contributed by atoms with van der Waals surface area (Å²) in [5, 5.41) is 24.1. The fraction of sp³-hybridized carbons (Fsp3) is 0.0833. The average Bonchev–Trinajstić information content (AvgIpc) is 3.03. The highest BCUT2D eigenvalue weighted by molar-refractivity contribution is 5.89. The van der Waals surface area contributed by atoms with Crippen LogP contribution in [-0.2, 0) is 7.05 Å². The third-order valence-corrected chi connectivity index (χ3v) is 3.12. The molecule has 0 bridgehead atoms. The predicted octanol–water partition coefficient (Wildman–Crippen LogP) is 0.978. The minimum absolute atomic E-state index is 0.0793. The van der Waals surface area contributed by atoms with Gasteiger partial charge in [0.15, 0.2) is 17.0 Å². The Bertz CT molecular complexity index is 989. The molecule has 4 heterocycles. The second kappa shape index (κ2) is 3.88. The van der Waals surface area contributed by atoms with Gasteiger partial charge in [-0.25, -0.2) is 4.98 Å². The molecule has 0 aliphatic heterocycles. The molecule has 0 saturated carbocycles. The van der Waals surface area contributed by atoms with Crippen molar-refractivity contribution in [2.75, 3.05) is 0 Å². The lowest BCUT2D eigenvalue weighted by Gasteiger charge is -2.00. The van der Waals surface area contributed by atoms with Crippen LogP contribution in [0.15, 0.2) is 23.0 Å². The molecule has 0 radical (unpaired) electrons. The lowest BCUT2D eigenvalue weighted by molar-refractivity contribution is 0.432. The Labute approximate surface area is 116 Å². The summed E-state index contributed by atoms with van der Waals surface area (Å²) in [4.78, 5) is 15.6. The maximum atomic E-state index is 10.3. The van der Waals surface area contributed by atoms with Gasteiger partial charge in [-0.3, -0.25) is 4.68 Å². The van der Waals surface area contributed by atoms with Crippen molar-refractivity contribution in [2.45, 2.75) is 0 Å². The summed E-state index contributed by atoms with van der Waals surface area (Å²) in [5.41, 5.74) is 1.33. The number of aryl methyl sites for hydroxylation is 1. The minimum Gasteiger partial charge on any atom is -0.505 e. The van der Waals surface area contributed by atoms with Crippen molar-refractivity contribution >= 4 is 22.1 Å². The Balaban J connectivity index is 1.97. The first kappa shape index (κ1) is 11.6. The fourth-order valence-corrected chi connectivity index (χ4v) is 2.08. The number of oxazole rings is 1. The smallest absolute Gasteiger partial charge is 0.316 e. The maximum absolute atomic E-state index is 10.3. The van der Waals surface area contributed by atoms with Crippen LogP contribution in [0.25, 0.3) is 33.7 Å². The number of nitrogens with zero attached hydrogens (tertiary/aromatic N) is 6. The predicted molar refractivity (Wildman–Crippen MR) is 70.4 cm³/mol. The zero-order valence-electron chi connectivity index (χ0n) is 10.7. The van der Waals surface area contributed by atoms with Gasteiger partial charge < -0.3 is 14.6 Å². The molecule has 2 N–H and O–H groups in total. The monoisotopic (exact) mass is 284 g/mol. The Hall–Kier alpha value is -3.23. The molecule has 4 aromatic rings. The van der Waals surface area contributed by atoms with Crippen LogP contribution in [0.2, 0.25) is 0 Å². The number of pyridine rings is 1. The molecule has 9 nitrogen and oxygen atoms in total. The first-order valence-corrected chi connectivity index (χ1v) is 5.96. The van der Waals surface area contributed by atoms with E-state index in [4.69, 9.17) is 4.42 Å². The van der Waals surface area contributed by atoms with Crippen LogP contribution >= 0.6 is 0 Å². The van der Waals surface area contributed by atoms with E-state index in [1.807, 2.05) is 0 Å². The van der Waals surface area contributed by atoms with Crippen LogP contribution in [0.5, 0.6) is 11.8 Å². The van der Waals surface area contributed by atoms with Crippen LogP contribution < -0.4 is 0 Å². The number of rotatable bonds is 1. The van der Waals surface area contributed by atoms with Gasteiger partial charge in [0, 0.05) is 7.05 Å². The molecule has 0 atom stereocenters. The summed E-state index contributed by atoms with van der Waals surface area (Å²) < 4.78 is 7.05. The van der Waals surface area contributed by atoms with Crippen LogP contribution in [-0.4, -0.2) is 39.9 Å². The SMILES string of the molecule is Cn1ncc2c(O)c(-c3nc4nc(O)ncc4o3)ncc21. The first-order valence-electron chi connectivity index (χ1n) is 5.96. The Morgan fingerprint density at radius 2 is 1.95 bits per heavy atom. The summed E-state index contributed by atoms with van der Waals surface area (Å²) >= 11 is 0. The van der Waals surface area contributed by atoms with Crippen LogP contribution in [0, 0.1) is 0 Å². The highest BCUT2D eigenvalue weighted by Gasteiger charge is 2.18. The van der Waals surface area contributed by atoms with Gasteiger partial charge in [0.2, 0.25) is 5.65 Å². The van der Waals surface area contributed by atoms with Crippen molar-refractivity contribution in [1.82, 2.24) is 29.7 Å². The number of hydrogen-bond donors (Lipinski definition) is 2. The van der Waals surface area contributed by atoms with E-state index in [-0.39, 0.29) is 28.6 Å². The van der Waals surface area contributed by atoms with E-state index in [1.165, 1.54) is 12.4 Å². The summed E-state index contributed by atoms with van der Waals surface area (Å²) in [7, 11) is 1.75. The Morgan fingerprint density at radius 1 is 1.10 bits per heavy atom. The Kier molecular flexibility index (Phi) is 2.14. The highest BCUT2D eigenvalue weighted by Crippen LogP contribution is 2.34. The molecule has 21 heavy (non-hydrogen) atoms. The van der Waals surface area contributed by atoms with Crippen molar-refractivity contribution in [1.29, 1.82) is 0 Å². The largest absolute Gasteiger partial charge is 0.505 e. The van der Waals surface area contributed by atoms with Crippen molar-refractivity contribution in [3.63, 3.8) is 0 Å². The van der Waals surface area contributed by atoms with Crippen LogP contribution in [0.1, 0.15) is 0 Å². The summed E-state index contributed by atoms with van der Waals surface area (Å²) in [6.07, 6.45) is 4.40. The number of fused-ring (bicyclic) bond motifs is 2. The third kappa shape index (κ3) is 1.60. The van der Waals surface area contributed by atoms with Gasteiger partial charge in [-0.05, 0) is 0 Å². The number of aromatic nitrogens is 6. The molecular formula is C12H8N6O3. The third-order valence-electron chi connectivity index (χ3n) is 3.12. The molecule has 0 aromatic carbocycles. The quantitative estimate of drug-likeness (QED) is 0.530. The summed E-state index contributed by atoms with van der Waals surface area (Å²) in [5.74, 6) is 0.0116. The van der Waals surface area contributed by atoms with Gasteiger partial charge in [-0.2, -0.15) is 20.1 Å². The van der Waals surface area contributed by atoms with E-state index in [9.17, 15) is 10.2 Å². The lowest BCUT2D eigenvalue weighted by Crippen LogP contribution is -1.91. The first-order chi connectivity index (χ1) is 10.1. The van der Waals surface area contributed by atoms with Gasteiger partial charge in [0.05, 0.1) is 29.5 Å². The van der Waals surface area contributed by atoms with Gasteiger partial charge >= 0.3 is 6.01 Å². The van der Waals surface area contributed by atoms with Crippen molar-refractivity contribution in [3.05, 3.63) is 18.6 Å². The van der Waals surface area contributed by atoms with E-state index in [1.54, 1.807) is 17.9 Å². The molecule has 0 saturated heterocycles. The summed E-state index contributed by atoms with van der Waals surface area (Å²) in [6.45, 7) is 0. The fourth-order valence-electron chi connectivity index (χ4n) is 2.08. The minimum atomic E-state index is -0.401. The lowest BCUT2D eigenvalue weighted by atomic mass is 10.2. The zero-order valence-corrected chi connectivity index (χ0v) is 10.7. The van der Waals surface area contributed by atoms with Gasteiger partial charge in [-0.15, -0.1) is 0 Å². The molecule has 0 aliphatic rings. The number of aromatic hydroxyl groups is 2. The maximum Gasteiger partial charge on any atom is 0.316 e. The van der Waals surface area contributed by atoms with E-state index in [0.717, 1.165) is 0 Å².